The summed E-state index contributed by atoms with van der Waals surface area (Å²) in [5, 5.41) is 2.44. The van der Waals surface area contributed by atoms with E-state index in [1.54, 1.807) is 0 Å². The first kappa shape index (κ1) is 9.12. The Morgan fingerprint density at radius 1 is 1.21 bits per heavy atom. The maximum Gasteiger partial charge on any atom is 0.224 e. The summed E-state index contributed by atoms with van der Waals surface area (Å²) in [5.74, 6) is -1.51. The summed E-state index contributed by atoms with van der Waals surface area (Å²) < 4.78 is 26.1. The van der Waals surface area contributed by atoms with Gasteiger partial charge in [-0.2, -0.15) is 0 Å². The second-order valence-electron chi connectivity index (χ2n) is 3.32. The molecule has 2 nitrogen and oxygen atoms in total. The average Bonchev–Trinajstić information content (AvgIpc) is 2.27. The van der Waals surface area contributed by atoms with Crippen LogP contribution in [0, 0.1) is 11.6 Å². The summed E-state index contributed by atoms with van der Waals surface area (Å²) in [5.41, 5.74) is 0.669. The first-order valence-corrected chi connectivity index (χ1v) is 4.44. The van der Waals surface area contributed by atoms with Crippen molar-refractivity contribution in [2.75, 3.05) is 5.32 Å². The van der Waals surface area contributed by atoms with Gasteiger partial charge in [-0.3, -0.25) is 4.79 Å². The molecule has 0 spiro atoms. The van der Waals surface area contributed by atoms with E-state index in [2.05, 4.69) is 5.32 Å². The van der Waals surface area contributed by atoms with Gasteiger partial charge in [0.15, 0.2) is 0 Å². The van der Waals surface area contributed by atoms with Crippen LogP contribution < -0.4 is 5.32 Å². The molecule has 0 atom stereocenters. The lowest BCUT2D eigenvalue weighted by Gasteiger charge is -2.07. The average molecular weight is 197 g/mol. The molecule has 1 amide bonds. The van der Waals surface area contributed by atoms with E-state index in [9.17, 15) is 13.6 Å². The molecule has 0 bridgehead atoms. The standard InChI is InChI=1S/C10H9F2NO/c11-7-4-6-2-1-3-9(14)13-10(6)8(12)5-7/h4-5H,1-3H2,(H,13,14). The fourth-order valence-electron chi connectivity index (χ4n) is 1.61. The molecule has 0 saturated carbocycles. The van der Waals surface area contributed by atoms with Crippen molar-refractivity contribution in [2.24, 2.45) is 0 Å². The van der Waals surface area contributed by atoms with Crippen molar-refractivity contribution < 1.29 is 13.6 Å². The molecule has 0 fully saturated rings. The van der Waals surface area contributed by atoms with Gasteiger partial charge in [-0.25, -0.2) is 8.78 Å². The zero-order chi connectivity index (χ0) is 10.1. The summed E-state index contributed by atoms with van der Waals surface area (Å²) in [4.78, 5) is 11.1. The number of anilines is 1. The fraction of sp³-hybridized carbons (Fsp3) is 0.300. The van der Waals surface area contributed by atoms with Crippen LogP contribution >= 0.6 is 0 Å². The summed E-state index contributed by atoms with van der Waals surface area (Å²) in [6.45, 7) is 0. The van der Waals surface area contributed by atoms with Gasteiger partial charge in [-0.15, -0.1) is 0 Å². The molecule has 2 rings (SSSR count). The summed E-state index contributed by atoms with van der Waals surface area (Å²) in [7, 11) is 0. The van der Waals surface area contributed by atoms with Crippen LogP contribution in [0.25, 0.3) is 0 Å². The number of halogens is 2. The third kappa shape index (κ3) is 1.60. The van der Waals surface area contributed by atoms with Crippen molar-refractivity contribution in [2.45, 2.75) is 19.3 Å². The lowest BCUT2D eigenvalue weighted by molar-refractivity contribution is -0.116. The maximum atomic E-state index is 13.2. The Kier molecular flexibility index (Phi) is 2.19. The van der Waals surface area contributed by atoms with Crippen LogP contribution in [0.2, 0.25) is 0 Å². The molecular weight excluding hydrogens is 188 g/mol. The number of carbonyl (C=O) groups is 1. The minimum absolute atomic E-state index is 0.133. The molecule has 0 aliphatic carbocycles. The van der Waals surface area contributed by atoms with E-state index in [1.165, 1.54) is 6.07 Å². The van der Waals surface area contributed by atoms with Crippen LogP contribution in [-0.4, -0.2) is 5.91 Å². The molecular formula is C10H9F2NO. The second kappa shape index (κ2) is 3.36. The van der Waals surface area contributed by atoms with E-state index >= 15 is 0 Å². The number of aryl methyl sites for hydroxylation is 1. The number of hydrogen-bond acceptors (Lipinski definition) is 1. The number of amides is 1. The van der Waals surface area contributed by atoms with E-state index in [1.807, 2.05) is 0 Å². The maximum absolute atomic E-state index is 13.2. The summed E-state index contributed by atoms with van der Waals surface area (Å²) in [6, 6.07) is 2.05. The Hall–Kier alpha value is -1.45. The molecule has 14 heavy (non-hydrogen) atoms. The smallest absolute Gasteiger partial charge is 0.224 e. The lowest BCUT2D eigenvalue weighted by Crippen LogP contribution is -2.10. The number of rotatable bonds is 0. The summed E-state index contributed by atoms with van der Waals surface area (Å²) >= 11 is 0. The van der Waals surface area contributed by atoms with E-state index in [-0.39, 0.29) is 11.6 Å². The molecule has 1 aromatic carbocycles. The second-order valence-corrected chi connectivity index (χ2v) is 3.32. The molecule has 1 N–H and O–H groups in total. The highest BCUT2D eigenvalue weighted by atomic mass is 19.1. The van der Waals surface area contributed by atoms with Crippen molar-refractivity contribution >= 4 is 11.6 Å². The Balaban J connectivity index is 2.50. The molecule has 1 aromatic rings. The van der Waals surface area contributed by atoms with Crippen LogP contribution in [0.1, 0.15) is 18.4 Å². The van der Waals surface area contributed by atoms with Gasteiger partial charge in [-0.05, 0) is 24.5 Å². The van der Waals surface area contributed by atoms with Crippen molar-refractivity contribution in [1.29, 1.82) is 0 Å². The molecule has 0 saturated heterocycles. The Bertz CT molecular complexity index is 390. The van der Waals surface area contributed by atoms with Crippen molar-refractivity contribution in [1.82, 2.24) is 0 Å². The van der Waals surface area contributed by atoms with E-state index < -0.39 is 11.6 Å². The lowest BCUT2D eigenvalue weighted by atomic mass is 10.1. The Morgan fingerprint density at radius 2 is 2.00 bits per heavy atom. The van der Waals surface area contributed by atoms with Crippen LogP contribution in [0.4, 0.5) is 14.5 Å². The van der Waals surface area contributed by atoms with E-state index in [4.69, 9.17) is 0 Å². The zero-order valence-electron chi connectivity index (χ0n) is 7.44. The van der Waals surface area contributed by atoms with Gasteiger partial charge < -0.3 is 5.32 Å². The van der Waals surface area contributed by atoms with Crippen molar-refractivity contribution in [3.8, 4) is 0 Å². The molecule has 0 aromatic heterocycles. The van der Waals surface area contributed by atoms with Crippen molar-refractivity contribution in [3.05, 3.63) is 29.3 Å². The normalized spacial score (nSPS) is 15.7. The molecule has 0 unspecified atom stereocenters. The third-order valence-corrected chi connectivity index (χ3v) is 2.25. The van der Waals surface area contributed by atoms with Gasteiger partial charge in [0.1, 0.15) is 11.6 Å². The predicted molar refractivity (Wildman–Crippen MR) is 47.9 cm³/mol. The zero-order valence-corrected chi connectivity index (χ0v) is 7.44. The van der Waals surface area contributed by atoms with Gasteiger partial charge in [0.2, 0.25) is 5.91 Å². The minimum atomic E-state index is -0.699. The first-order valence-electron chi connectivity index (χ1n) is 4.44. The number of fused-ring (bicyclic) bond motifs is 1. The molecule has 74 valence electrons. The molecule has 1 heterocycles. The van der Waals surface area contributed by atoms with Gasteiger partial charge in [-0.1, -0.05) is 0 Å². The van der Waals surface area contributed by atoms with E-state index in [0.29, 0.717) is 24.8 Å². The van der Waals surface area contributed by atoms with Gasteiger partial charge in [0.25, 0.3) is 0 Å². The number of carbonyl (C=O) groups excluding carboxylic acids is 1. The first-order chi connectivity index (χ1) is 6.66. The molecule has 1 aliphatic heterocycles. The largest absolute Gasteiger partial charge is 0.323 e. The number of hydrogen-bond donors (Lipinski definition) is 1. The van der Waals surface area contributed by atoms with E-state index in [0.717, 1.165) is 6.07 Å². The fourth-order valence-corrected chi connectivity index (χ4v) is 1.61. The highest BCUT2D eigenvalue weighted by molar-refractivity contribution is 5.92. The number of benzene rings is 1. The minimum Gasteiger partial charge on any atom is -0.323 e. The topological polar surface area (TPSA) is 29.1 Å². The monoisotopic (exact) mass is 197 g/mol. The van der Waals surface area contributed by atoms with Crippen LogP contribution in [-0.2, 0) is 11.2 Å². The molecule has 0 radical (unpaired) electrons. The van der Waals surface area contributed by atoms with Crippen LogP contribution in [0.5, 0.6) is 0 Å². The Labute approximate surface area is 79.9 Å². The molecule has 1 aliphatic rings. The van der Waals surface area contributed by atoms with Crippen molar-refractivity contribution in [3.63, 3.8) is 0 Å². The Morgan fingerprint density at radius 3 is 2.79 bits per heavy atom. The molecule has 4 heteroatoms. The van der Waals surface area contributed by atoms with Crippen LogP contribution in [0.15, 0.2) is 12.1 Å². The van der Waals surface area contributed by atoms with Gasteiger partial charge >= 0.3 is 0 Å². The summed E-state index contributed by atoms with van der Waals surface area (Å²) in [6.07, 6.45) is 1.51. The third-order valence-electron chi connectivity index (χ3n) is 2.25. The van der Waals surface area contributed by atoms with Gasteiger partial charge in [0.05, 0.1) is 5.69 Å². The predicted octanol–water partition coefficient (Wildman–Crippen LogP) is 2.24. The number of nitrogens with one attached hydrogen (secondary N) is 1. The highest BCUT2D eigenvalue weighted by Gasteiger charge is 2.17. The SMILES string of the molecule is O=C1CCCc2cc(F)cc(F)c2N1. The van der Waals surface area contributed by atoms with Crippen LogP contribution in [0.3, 0.4) is 0 Å². The quantitative estimate of drug-likeness (QED) is 0.679. The van der Waals surface area contributed by atoms with Gasteiger partial charge in [0, 0.05) is 12.5 Å². The highest BCUT2D eigenvalue weighted by Crippen LogP contribution is 2.25.